The summed E-state index contributed by atoms with van der Waals surface area (Å²) in [6.45, 7) is 1.92. The zero-order chi connectivity index (χ0) is 9.14. The molecule has 0 aromatic heterocycles. The van der Waals surface area contributed by atoms with Crippen LogP contribution in [0.3, 0.4) is 0 Å². The molecule has 0 amide bonds. The summed E-state index contributed by atoms with van der Waals surface area (Å²) in [6.07, 6.45) is -1.47. The van der Waals surface area contributed by atoms with Crippen molar-refractivity contribution in [2.75, 3.05) is 0 Å². The maximum absolute atomic E-state index is 13.0. The number of benzene rings is 1. The fraction of sp³-hybridized carbons (Fsp3) is 0.222. The molecule has 0 heterocycles. The largest absolute Gasteiger partial charge is 0.385 e. The molecule has 0 bridgehead atoms. The third-order valence-electron chi connectivity index (χ3n) is 1.64. The van der Waals surface area contributed by atoms with Gasteiger partial charge in [-0.3, -0.25) is 5.41 Å². The van der Waals surface area contributed by atoms with E-state index in [1.807, 2.05) is 6.92 Å². The molecule has 1 rings (SSSR count). The van der Waals surface area contributed by atoms with Gasteiger partial charge in [-0.2, -0.15) is 0 Å². The molecule has 12 heavy (non-hydrogen) atoms. The van der Waals surface area contributed by atoms with Gasteiger partial charge in [-0.25, -0.2) is 4.39 Å². The Morgan fingerprint density at radius 3 is 2.33 bits per heavy atom. The quantitative estimate of drug-likeness (QED) is 0.512. The zero-order valence-corrected chi connectivity index (χ0v) is 6.84. The number of amidine groups is 1. The van der Waals surface area contributed by atoms with Crippen molar-refractivity contribution >= 4 is 5.84 Å². The second-order valence-corrected chi connectivity index (χ2v) is 2.73. The first-order valence-corrected chi connectivity index (χ1v) is 3.66. The number of aryl methyl sites for hydroxylation is 1. The maximum atomic E-state index is 13.0. The van der Waals surface area contributed by atoms with Gasteiger partial charge in [0.2, 0.25) is 0 Å². The Labute approximate surface area is 70.7 Å². The molecule has 64 valence electrons. The summed E-state index contributed by atoms with van der Waals surface area (Å²) in [5, 5.41) is 6.89. The molecule has 3 N–H and O–H groups in total. The van der Waals surface area contributed by atoms with Crippen LogP contribution < -0.4 is 5.73 Å². The molecule has 2 nitrogen and oxygen atoms in total. The minimum absolute atomic E-state index is 0.438. The Morgan fingerprint density at radius 2 is 1.92 bits per heavy atom. The van der Waals surface area contributed by atoms with Crippen molar-refractivity contribution in [2.24, 2.45) is 5.73 Å². The van der Waals surface area contributed by atoms with Crippen molar-refractivity contribution in [1.29, 1.82) is 5.41 Å². The third kappa shape index (κ3) is 1.81. The van der Waals surface area contributed by atoms with Crippen molar-refractivity contribution in [3.05, 3.63) is 35.4 Å². The van der Waals surface area contributed by atoms with E-state index in [0.717, 1.165) is 5.56 Å². The number of hydrogen-bond acceptors (Lipinski definition) is 1. The Hall–Kier alpha value is -1.38. The number of halogens is 1. The van der Waals surface area contributed by atoms with Gasteiger partial charge in [0.25, 0.3) is 0 Å². The van der Waals surface area contributed by atoms with Crippen LogP contribution >= 0.6 is 0 Å². The monoisotopic (exact) mass is 166 g/mol. The molecule has 0 aliphatic carbocycles. The van der Waals surface area contributed by atoms with Gasteiger partial charge >= 0.3 is 0 Å². The van der Waals surface area contributed by atoms with Crippen LogP contribution in [0.25, 0.3) is 0 Å². The summed E-state index contributed by atoms with van der Waals surface area (Å²) in [4.78, 5) is 0. The molecule has 1 aromatic rings. The van der Waals surface area contributed by atoms with Crippen LogP contribution in [0.4, 0.5) is 4.39 Å². The number of alkyl halides is 1. The average Bonchev–Trinajstić information content (AvgIpc) is 2.04. The number of hydrogen-bond donors (Lipinski definition) is 2. The summed E-state index contributed by atoms with van der Waals surface area (Å²) in [5.41, 5.74) is 6.52. The lowest BCUT2D eigenvalue weighted by Crippen LogP contribution is -2.16. The van der Waals surface area contributed by atoms with E-state index in [4.69, 9.17) is 11.1 Å². The summed E-state index contributed by atoms with van der Waals surface area (Å²) < 4.78 is 13.0. The van der Waals surface area contributed by atoms with Crippen LogP contribution in [0.5, 0.6) is 0 Å². The minimum Gasteiger partial charge on any atom is -0.385 e. The molecule has 1 atom stereocenters. The van der Waals surface area contributed by atoms with Crippen LogP contribution in [-0.2, 0) is 0 Å². The third-order valence-corrected chi connectivity index (χ3v) is 1.64. The Bertz CT molecular complexity index is 279. The van der Waals surface area contributed by atoms with Crippen molar-refractivity contribution in [1.82, 2.24) is 0 Å². The van der Waals surface area contributed by atoms with Crippen LogP contribution in [0.2, 0.25) is 0 Å². The number of nitrogens with two attached hydrogens (primary N) is 1. The average molecular weight is 166 g/mol. The molecule has 0 radical (unpaired) electrons. The lowest BCUT2D eigenvalue weighted by Gasteiger charge is -2.05. The molecule has 1 aromatic carbocycles. The fourth-order valence-electron chi connectivity index (χ4n) is 0.915. The molecule has 0 aliphatic heterocycles. The van der Waals surface area contributed by atoms with Gasteiger partial charge in [0.15, 0.2) is 6.17 Å². The number of nitrogens with one attached hydrogen (secondary N) is 1. The first-order valence-electron chi connectivity index (χ1n) is 3.66. The topological polar surface area (TPSA) is 49.9 Å². The van der Waals surface area contributed by atoms with E-state index in [9.17, 15) is 4.39 Å². The normalized spacial score (nSPS) is 12.5. The number of rotatable bonds is 2. The van der Waals surface area contributed by atoms with E-state index in [1.165, 1.54) is 0 Å². The van der Waals surface area contributed by atoms with Gasteiger partial charge in [0.05, 0.1) is 0 Å². The lowest BCUT2D eigenvalue weighted by molar-refractivity contribution is 0.435. The molecule has 0 aliphatic rings. The predicted molar refractivity (Wildman–Crippen MR) is 46.9 cm³/mol. The molecule has 0 saturated heterocycles. The molecule has 1 unspecified atom stereocenters. The SMILES string of the molecule is Cc1ccc(C(F)C(=N)N)cc1. The van der Waals surface area contributed by atoms with Gasteiger partial charge in [-0.1, -0.05) is 29.8 Å². The fourth-order valence-corrected chi connectivity index (χ4v) is 0.915. The smallest absolute Gasteiger partial charge is 0.181 e. The summed E-state index contributed by atoms with van der Waals surface area (Å²) >= 11 is 0. The highest BCUT2D eigenvalue weighted by molar-refractivity contribution is 5.82. The molecule has 0 fully saturated rings. The standard InChI is InChI=1S/C9H11FN2/c1-6-2-4-7(5-3-6)8(10)9(11)12/h2-5,8H,1H3,(H3,11,12). The van der Waals surface area contributed by atoms with Crippen molar-refractivity contribution in [2.45, 2.75) is 13.1 Å². The van der Waals surface area contributed by atoms with Crippen LogP contribution in [0.15, 0.2) is 24.3 Å². The Kier molecular flexibility index (Phi) is 2.43. The van der Waals surface area contributed by atoms with Gasteiger partial charge < -0.3 is 5.73 Å². The van der Waals surface area contributed by atoms with Crippen LogP contribution in [-0.4, -0.2) is 5.84 Å². The van der Waals surface area contributed by atoms with Crippen LogP contribution in [0.1, 0.15) is 17.3 Å². The second kappa shape index (κ2) is 3.34. The van der Waals surface area contributed by atoms with E-state index < -0.39 is 12.0 Å². The summed E-state index contributed by atoms with van der Waals surface area (Å²) in [6, 6.07) is 6.87. The highest BCUT2D eigenvalue weighted by Crippen LogP contribution is 2.16. The van der Waals surface area contributed by atoms with Crippen molar-refractivity contribution in [3.8, 4) is 0 Å². The van der Waals surface area contributed by atoms with E-state index >= 15 is 0 Å². The summed E-state index contributed by atoms with van der Waals surface area (Å²) in [5.74, 6) is -0.446. The van der Waals surface area contributed by atoms with Gasteiger partial charge in [-0.05, 0) is 12.5 Å². The molecule has 3 heteroatoms. The first-order chi connectivity index (χ1) is 5.61. The highest BCUT2D eigenvalue weighted by atomic mass is 19.1. The zero-order valence-electron chi connectivity index (χ0n) is 6.84. The molecule has 0 spiro atoms. The highest BCUT2D eigenvalue weighted by Gasteiger charge is 2.11. The molecule has 0 saturated carbocycles. The second-order valence-electron chi connectivity index (χ2n) is 2.73. The Balaban J connectivity index is 2.89. The van der Waals surface area contributed by atoms with Crippen molar-refractivity contribution < 1.29 is 4.39 Å². The maximum Gasteiger partial charge on any atom is 0.181 e. The Morgan fingerprint density at radius 1 is 1.42 bits per heavy atom. The predicted octanol–water partition coefficient (Wildman–Crippen LogP) is 1.94. The van der Waals surface area contributed by atoms with E-state index in [1.54, 1.807) is 24.3 Å². The molecular formula is C9H11FN2. The first kappa shape index (κ1) is 8.71. The lowest BCUT2D eigenvalue weighted by atomic mass is 10.1. The van der Waals surface area contributed by atoms with Gasteiger partial charge in [0.1, 0.15) is 5.84 Å². The van der Waals surface area contributed by atoms with Crippen molar-refractivity contribution in [3.63, 3.8) is 0 Å². The van der Waals surface area contributed by atoms with E-state index in [0.29, 0.717) is 5.56 Å². The van der Waals surface area contributed by atoms with E-state index in [-0.39, 0.29) is 0 Å². The van der Waals surface area contributed by atoms with Crippen LogP contribution in [0, 0.1) is 12.3 Å². The van der Waals surface area contributed by atoms with Gasteiger partial charge in [0, 0.05) is 0 Å². The van der Waals surface area contributed by atoms with Gasteiger partial charge in [-0.15, -0.1) is 0 Å². The molecular weight excluding hydrogens is 155 g/mol. The summed E-state index contributed by atoms with van der Waals surface area (Å²) in [7, 11) is 0. The minimum atomic E-state index is -1.47. The van der Waals surface area contributed by atoms with E-state index in [2.05, 4.69) is 0 Å².